The van der Waals surface area contributed by atoms with Gasteiger partial charge in [-0.1, -0.05) is 11.6 Å². The lowest BCUT2D eigenvalue weighted by Crippen LogP contribution is -2.27. The molecule has 0 saturated carbocycles. The molecule has 0 radical (unpaired) electrons. The molecule has 2 amide bonds. The summed E-state index contributed by atoms with van der Waals surface area (Å²) in [7, 11) is 0. The minimum atomic E-state index is -0.345. The number of hydrogen-bond acceptors (Lipinski definition) is 7. The number of nitrogens with one attached hydrogen (secondary N) is 2. The molecule has 2 aromatic carbocycles. The van der Waals surface area contributed by atoms with Gasteiger partial charge in [-0.05, 0) is 65.9 Å². The Kier molecular flexibility index (Phi) is 7.06. The molecule has 0 saturated heterocycles. The molecule has 0 atom stereocenters. The van der Waals surface area contributed by atoms with E-state index in [1.807, 2.05) is 22.9 Å². The molecule has 5 aromatic rings. The van der Waals surface area contributed by atoms with Gasteiger partial charge in [0, 0.05) is 30.7 Å². The summed E-state index contributed by atoms with van der Waals surface area (Å²) in [5.74, 6) is -0.0183. The molecule has 6 rings (SSSR count). The number of nitrogen functional groups attached to an aromatic ring is 1. The Bertz CT molecular complexity index is 1950. The molecule has 1 aliphatic rings. The minimum absolute atomic E-state index is 0.0118. The van der Waals surface area contributed by atoms with Gasteiger partial charge in [0.15, 0.2) is 11.5 Å². The number of halogens is 1. The maximum Gasteiger partial charge on any atom is 0.253 e. The monoisotopic (exact) mass is 579 g/mol. The van der Waals surface area contributed by atoms with Crippen molar-refractivity contribution in [1.82, 2.24) is 34.7 Å². The molecule has 0 bridgehead atoms. The van der Waals surface area contributed by atoms with Crippen LogP contribution in [0.3, 0.4) is 0 Å². The lowest BCUT2D eigenvalue weighted by molar-refractivity contribution is -0.126. The number of imidazole rings is 1. The standard InChI is InChI=1S/C30H26ClN9O2/c1-17(41)39-6-2-3-19(13-39)20-8-21-10-23(12-34-30(42)24-5-4-18(11-32)7-25(24)31)38-26(21)22(9-20)14-40-16-37-27-28(33)35-15-36-29(27)40/h4-5,7-10,13,15-16,38H,2-3,6,12,14H2,1H3,(H,34,42)(H2,33,35,36). The Labute approximate surface area is 245 Å². The predicted molar refractivity (Wildman–Crippen MR) is 159 cm³/mol. The topological polar surface area (TPSA) is 159 Å². The van der Waals surface area contributed by atoms with Crippen LogP contribution in [0.4, 0.5) is 5.82 Å². The summed E-state index contributed by atoms with van der Waals surface area (Å²) >= 11 is 6.24. The van der Waals surface area contributed by atoms with Crippen LogP contribution in [0.1, 0.15) is 52.5 Å². The predicted octanol–water partition coefficient (Wildman–Crippen LogP) is 4.38. The lowest BCUT2D eigenvalue weighted by Gasteiger charge is -2.24. The largest absolute Gasteiger partial charge is 0.382 e. The fourth-order valence-corrected chi connectivity index (χ4v) is 5.51. The van der Waals surface area contributed by atoms with Gasteiger partial charge < -0.3 is 25.5 Å². The summed E-state index contributed by atoms with van der Waals surface area (Å²) < 4.78 is 1.91. The molecule has 0 fully saturated rings. The number of nitriles is 1. The Morgan fingerprint density at radius 3 is 2.83 bits per heavy atom. The van der Waals surface area contributed by atoms with Crippen LogP contribution in [0.2, 0.25) is 5.02 Å². The van der Waals surface area contributed by atoms with Crippen molar-refractivity contribution in [2.24, 2.45) is 0 Å². The third-order valence-corrected chi connectivity index (χ3v) is 7.66. The van der Waals surface area contributed by atoms with Gasteiger partial charge in [-0.15, -0.1) is 0 Å². The fourth-order valence-electron chi connectivity index (χ4n) is 5.24. The first-order valence-corrected chi connectivity index (χ1v) is 13.7. The zero-order valence-corrected chi connectivity index (χ0v) is 23.4. The summed E-state index contributed by atoms with van der Waals surface area (Å²) in [5.41, 5.74) is 12.6. The van der Waals surface area contributed by atoms with Crippen LogP contribution in [0.15, 0.2) is 55.3 Å². The number of aromatic nitrogens is 5. The first-order valence-electron chi connectivity index (χ1n) is 13.3. The molecule has 210 valence electrons. The highest BCUT2D eigenvalue weighted by molar-refractivity contribution is 6.34. The van der Waals surface area contributed by atoms with Crippen LogP contribution in [-0.2, 0) is 17.9 Å². The van der Waals surface area contributed by atoms with Gasteiger partial charge in [-0.3, -0.25) is 9.59 Å². The van der Waals surface area contributed by atoms with E-state index in [9.17, 15) is 9.59 Å². The number of fused-ring (bicyclic) bond motifs is 2. The van der Waals surface area contributed by atoms with Crippen LogP contribution in [0, 0.1) is 11.3 Å². The third-order valence-electron chi connectivity index (χ3n) is 7.35. The normalized spacial score (nSPS) is 13.3. The van der Waals surface area contributed by atoms with Crippen molar-refractivity contribution < 1.29 is 9.59 Å². The molecule has 4 heterocycles. The van der Waals surface area contributed by atoms with E-state index in [1.165, 1.54) is 12.4 Å². The number of hydrogen-bond donors (Lipinski definition) is 3. The van der Waals surface area contributed by atoms with Crippen molar-refractivity contribution in [2.75, 3.05) is 12.3 Å². The number of carbonyl (C=O) groups is 2. The first kappa shape index (κ1) is 27.0. The van der Waals surface area contributed by atoms with Crippen LogP contribution in [0.5, 0.6) is 0 Å². The molecule has 4 N–H and O–H groups in total. The zero-order valence-electron chi connectivity index (χ0n) is 22.7. The number of anilines is 1. The van der Waals surface area contributed by atoms with E-state index >= 15 is 0 Å². The highest BCUT2D eigenvalue weighted by atomic mass is 35.5. The summed E-state index contributed by atoms with van der Waals surface area (Å²) in [5, 5.41) is 13.2. The summed E-state index contributed by atoms with van der Waals surface area (Å²) in [6.45, 7) is 2.96. The molecular formula is C30H26ClN9O2. The number of benzene rings is 2. The molecule has 1 aliphatic heterocycles. The van der Waals surface area contributed by atoms with Crippen molar-refractivity contribution in [3.8, 4) is 6.07 Å². The third kappa shape index (κ3) is 5.15. The molecule has 3 aromatic heterocycles. The number of nitrogens with zero attached hydrogens (tertiary/aromatic N) is 6. The molecular weight excluding hydrogens is 554 g/mol. The molecule has 12 heteroatoms. The van der Waals surface area contributed by atoms with Gasteiger partial charge in [0.05, 0.1) is 47.2 Å². The fraction of sp³-hybridized carbons (Fsp3) is 0.200. The summed E-state index contributed by atoms with van der Waals surface area (Å²) in [6, 6.07) is 12.8. The molecule has 0 spiro atoms. The Morgan fingerprint density at radius 2 is 2.05 bits per heavy atom. The van der Waals surface area contributed by atoms with Crippen molar-refractivity contribution in [2.45, 2.75) is 32.9 Å². The number of H-pyrrole nitrogens is 1. The number of carbonyl (C=O) groups excluding carboxylic acids is 2. The van der Waals surface area contributed by atoms with E-state index in [-0.39, 0.29) is 23.4 Å². The number of rotatable bonds is 6. The van der Waals surface area contributed by atoms with Gasteiger partial charge in [-0.25, -0.2) is 15.0 Å². The molecule has 11 nitrogen and oxygen atoms in total. The number of aromatic amines is 1. The quantitative estimate of drug-likeness (QED) is 0.269. The van der Waals surface area contributed by atoms with E-state index in [0.29, 0.717) is 41.2 Å². The highest BCUT2D eigenvalue weighted by Gasteiger charge is 2.19. The van der Waals surface area contributed by atoms with Crippen LogP contribution < -0.4 is 11.1 Å². The highest BCUT2D eigenvalue weighted by Crippen LogP contribution is 2.31. The van der Waals surface area contributed by atoms with Crippen LogP contribution >= 0.6 is 11.6 Å². The van der Waals surface area contributed by atoms with Gasteiger partial charge in [-0.2, -0.15) is 5.26 Å². The number of amides is 2. The van der Waals surface area contributed by atoms with E-state index < -0.39 is 0 Å². The number of allylic oxidation sites excluding steroid dienone is 1. The summed E-state index contributed by atoms with van der Waals surface area (Å²) in [6.07, 6.45) is 6.78. The van der Waals surface area contributed by atoms with Gasteiger partial charge in [0.2, 0.25) is 5.91 Å². The lowest BCUT2D eigenvalue weighted by atomic mass is 9.95. The average molecular weight is 580 g/mol. The Balaban J connectivity index is 1.36. The van der Waals surface area contributed by atoms with E-state index in [4.69, 9.17) is 22.6 Å². The maximum atomic E-state index is 12.9. The smallest absolute Gasteiger partial charge is 0.253 e. The second kappa shape index (κ2) is 11.0. The molecule has 0 aliphatic carbocycles. The van der Waals surface area contributed by atoms with Crippen molar-refractivity contribution >= 4 is 56.9 Å². The van der Waals surface area contributed by atoms with Crippen LogP contribution in [-0.4, -0.2) is 47.8 Å². The van der Waals surface area contributed by atoms with Crippen LogP contribution in [0.25, 0.3) is 27.6 Å². The van der Waals surface area contributed by atoms with E-state index in [1.54, 1.807) is 30.3 Å². The van der Waals surface area contributed by atoms with Gasteiger partial charge >= 0.3 is 0 Å². The Morgan fingerprint density at radius 1 is 1.19 bits per heavy atom. The Hall–Kier alpha value is -5.21. The maximum absolute atomic E-state index is 12.9. The average Bonchev–Trinajstić information content (AvgIpc) is 3.60. The number of nitrogens with two attached hydrogens (primary N) is 1. The molecule has 0 unspecified atom stereocenters. The second-order valence-corrected chi connectivity index (χ2v) is 10.6. The van der Waals surface area contributed by atoms with E-state index in [2.05, 4.69) is 37.4 Å². The second-order valence-electron chi connectivity index (χ2n) is 10.2. The van der Waals surface area contributed by atoms with Crippen molar-refractivity contribution in [1.29, 1.82) is 5.26 Å². The zero-order chi connectivity index (χ0) is 29.4. The van der Waals surface area contributed by atoms with E-state index in [0.717, 1.165) is 46.1 Å². The minimum Gasteiger partial charge on any atom is -0.382 e. The van der Waals surface area contributed by atoms with Gasteiger partial charge in [0.25, 0.3) is 5.91 Å². The van der Waals surface area contributed by atoms with Crippen molar-refractivity contribution in [3.05, 3.63) is 88.2 Å². The van der Waals surface area contributed by atoms with Crippen molar-refractivity contribution in [3.63, 3.8) is 0 Å². The first-order chi connectivity index (χ1) is 20.3. The summed E-state index contributed by atoms with van der Waals surface area (Å²) in [4.78, 5) is 43.0. The molecule has 42 heavy (non-hydrogen) atoms. The van der Waals surface area contributed by atoms with Gasteiger partial charge in [0.1, 0.15) is 11.8 Å². The SMILES string of the molecule is CC(=O)N1C=C(c2cc(Cn3cnc4c(N)ncnc43)c3[nH]c(CNC(=O)c4ccc(C#N)cc4Cl)cc3c2)CCC1.